The fourth-order valence-corrected chi connectivity index (χ4v) is 2.48. The van der Waals surface area contributed by atoms with Gasteiger partial charge in [-0.2, -0.15) is 0 Å². The quantitative estimate of drug-likeness (QED) is 0.656. The standard InChI is InChI=1S/C19H16BrN3O/c1-13-3-2-4-16(11-13)23-19(24)18-10-9-17(12-21-18)22-15-7-5-14(20)6-8-15/h2-12,22H,1H3,(H,23,24). The number of hydrogen-bond donors (Lipinski definition) is 2. The fourth-order valence-electron chi connectivity index (χ4n) is 2.22. The SMILES string of the molecule is Cc1cccc(NC(=O)c2ccc(Nc3ccc(Br)cc3)cn2)c1. The summed E-state index contributed by atoms with van der Waals surface area (Å²) in [5, 5.41) is 6.09. The van der Waals surface area contributed by atoms with Crippen LogP contribution in [0, 0.1) is 6.92 Å². The Morgan fingerprint density at radius 1 is 0.958 bits per heavy atom. The number of anilines is 3. The molecule has 4 nitrogen and oxygen atoms in total. The number of nitrogens with zero attached hydrogens (tertiary/aromatic N) is 1. The zero-order valence-electron chi connectivity index (χ0n) is 13.1. The molecule has 0 unspecified atom stereocenters. The summed E-state index contributed by atoms with van der Waals surface area (Å²) in [6.45, 7) is 1.98. The molecular weight excluding hydrogens is 366 g/mol. The van der Waals surface area contributed by atoms with Crippen molar-refractivity contribution in [1.82, 2.24) is 4.98 Å². The van der Waals surface area contributed by atoms with E-state index in [4.69, 9.17) is 0 Å². The van der Waals surface area contributed by atoms with E-state index in [1.165, 1.54) is 0 Å². The van der Waals surface area contributed by atoms with Gasteiger partial charge in [-0.25, -0.2) is 4.98 Å². The van der Waals surface area contributed by atoms with Crippen LogP contribution in [0.5, 0.6) is 0 Å². The summed E-state index contributed by atoms with van der Waals surface area (Å²) in [7, 11) is 0. The van der Waals surface area contributed by atoms with Gasteiger partial charge < -0.3 is 10.6 Å². The van der Waals surface area contributed by atoms with Crippen LogP contribution < -0.4 is 10.6 Å². The van der Waals surface area contributed by atoms with E-state index in [-0.39, 0.29) is 5.91 Å². The molecule has 120 valence electrons. The smallest absolute Gasteiger partial charge is 0.274 e. The van der Waals surface area contributed by atoms with Crippen LogP contribution in [-0.4, -0.2) is 10.9 Å². The zero-order chi connectivity index (χ0) is 16.9. The maximum absolute atomic E-state index is 12.2. The lowest BCUT2D eigenvalue weighted by atomic mass is 10.2. The highest BCUT2D eigenvalue weighted by atomic mass is 79.9. The molecule has 3 rings (SSSR count). The van der Waals surface area contributed by atoms with Crippen molar-refractivity contribution in [1.29, 1.82) is 0 Å². The Bertz CT molecular complexity index is 845. The number of aromatic nitrogens is 1. The van der Waals surface area contributed by atoms with Crippen molar-refractivity contribution in [3.05, 3.63) is 82.6 Å². The van der Waals surface area contributed by atoms with Crippen molar-refractivity contribution >= 4 is 38.9 Å². The van der Waals surface area contributed by atoms with E-state index in [1.54, 1.807) is 12.3 Å². The Labute approximate surface area is 149 Å². The lowest BCUT2D eigenvalue weighted by molar-refractivity contribution is 0.102. The van der Waals surface area contributed by atoms with Gasteiger partial charge in [0.25, 0.3) is 5.91 Å². The molecule has 2 N–H and O–H groups in total. The van der Waals surface area contributed by atoms with E-state index in [0.717, 1.165) is 27.1 Å². The third-order valence-corrected chi connectivity index (χ3v) is 3.93. The van der Waals surface area contributed by atoms with Crippen LogP contribution in [0.1, 0.15) is 16.1 Å². The minimum Gasteiger partial charge on any atom is -0.354 e. The largest absolute Gasteiger partial charge is 0.354 e. The molecule has 0 fully saturated rings. The van der Waals surface area contributed by atoms with Crippen LogP contribution >= 0.6 is 15.9 Å². The molecule has 5 heteroatoms. The average molecular weight is 382 g/mol. The van der Waals surface area contributed by atoms with E-state index in [9.17, 15) is 4.79 Å². The van der Waals surface area contributed by atoms with Crippen LogP contribution in [-0.2, 0) is 0 Å². The molecule has 0 aliphatic rings. The first-order chi connectivity index (χ1) is 11.6. The number of nitrogens with one attached hydrogen (secondary N) is 2. The summed E-state index contributed by atoms with van der Waals surface area (Å²) in [6, 6.07) is 19.0. The van der Waals surface area contributed by atoms with Crippen LogP contribution in [0.2, 0.25) is 0 Å². The normalized spacial score (nSPS) is 10.2. The second kappa shape index (κ2) is 7.27. The number of halogens is 1. The van der Waals surface area contributed by atoms with Crippen molar-refractivity contribution in [3.8, 4) is 0 Å². The molecule has 3 aromatic rings. The molecule has 24 heavy (non-hydrogen) atoms. The molecule has 1 aromatic heterocycles. The Hall–Kier alpha value is -2.66. The predicted octanol–water partition coefficient (Wildman–Crippen LogP) is 5.15. The number of pyridine rings is 1. The number of carbonyl (C=O) groups excluding carboxylic acids is 1. The highest BCUT2D eigenvalue weighted by Crippen LogP contribution is 2.19. The molecule has 0 saturated carbocycles. The van der Waals surface area contributed by atoms with Gasteiger partial charge in [0, 0.05) is 15.8 Å². The van der Waals surface area contributed by atoms with Crippen molar-refractivity contribution < 1.29 is 4.79 Å². The molecule has 1 amide bonds. The number of carbonyl (C=O) groups is 1. The molecule has 0 saturated heterocycles. The number of hydrogen-bond acceptors (Lipinski definition) is 3. The minimum absolute atomic E-state index is 0.226. The van der Waals surface area contributed by atoms with Gasteiger partial charge in [-0.15, -0.1) is 0 Å². The first kappa shape index (κ1) is 16.2. The topological polar surface area (TPSA) is 54.0 Å². The second-order valence-corrected chi connectivity index (χ2v) is 6.30. The highest BCUT2D eigenvalue weighted by molar-refractivity contribution is 9.10. The Kier molecular flexibility index (Phi) is 4.91. The zero-order valence-corrected chi connectivity index (χ0v) is 14.7. The molecule has 1 heterocycles. The summed E-state index contributed by atoms with van der Waals surface area (Å²) in [6.07, 6.45) is 1.65. The number of rotatable bonds is 4. The van der Waals surface area contributed by atoms with E-state index in [2.05, 4.69) is 31.5 Å². The minimum atomic E-state index is -0.226. The second-order valence-electron chi connectivity index (χ2n) is 5.39. The monoisotopic (exact) mass is 381 g/mol. The lowest BCUT2D eigenvalue weighted by Gasteiger charge is -2.08. The summed E-state index contributed by atoms with van der Waals surface area (Å²) in [5.74, 6) is -0.226. The van der Waals surface area contributed by atoms with Gasteiger partial charge in [-0.05, 0) is 61.0 Å². The van der Waals surface area contributed by atoms with Gasteiger partial charge >= 0.3 is 0 Å². The van der Waals surface area contributed by atoms with Gasteiger partial charge in [0.1, 0.15) is 5.69 Å². The number of benzene rings is 2. The van der Waals surface area contributed by atoms with Crippen LogP contribution in [0.25, 0.3) is 0 Å². The van der Waals surface area contributed by atoms with Crippen LogP contribution in [0.15, 0.2) is 71.3 Å². The van der Waals surface area contributed by atoms with Crippen molar-refractivity contribution in [2.75, 3.05) is 10.6 Å². The summed E-state index contributed by atoms with van der Waals surface area (Å²) in [5.41, 5.74) is 4.01. The molecular formula is C19H16BrN3O. The molecule has 0 aliphatic carbocycles. The Balaban J connectivity index is 1.67. The van der Waals surface area contributed by atoms with Gasteiger partial charge in [0.2, 0.25) is 0 Å². The Morgan fingerprint density at radius 3 is 2.38 bits per heavy atom. The predicted molar refractivity (Wildman–Crippen MR) is 101 cm³/mol. The van der Waals surface area contributed by atoms with Gasteiger partial charge in [0.05, 0.1) is 11.9 Å². The van der Waals surface area contributed by atoms with Gasteiger partial charge in [0.15, 0.2) is 0 Å². The number of aryl methyl sites for hydroxylation is 1. The average Bonchev–Trinajstić information content (AvgIpc) is 2.57. The summed E-state index contributed by atoms with van der Waals surface area (Å²) >= 11 is 3.40. The Morgan fingerprint density at radius 2 is 1.71 bits per heavy atom. The molecule has 0 radical (unpaired) electrons. The van der Waals surface area contributed by atoms with E-state index >= 15 is 0 Å². The number of amides is 1. The first-order valence-corrected chi connectivity index (χ1v) is 8.26. The van der Waals surface area contributed by atoms with Crippen LogP contribution in [0.3, 0.4) is 0 Å². The van der Waals surface area contributed by atoms with E-state index in [0.29, 0.717) is 5.69 Å². The summed E-state index contributed by atoms with van der Waals surface area (Å²) < 4.78 is 1.02. The van der Waals surface area contributed by atoms with Gasteiger partial charge in [-0.1, -0.05) is 28.1 Å². The third-order valence-electron chi connectivity index (χ3n) is 3.40. The molecule has 0 spiro atoms. The van der Waals surface area contributed by atoms with E-state index in [1.807, 2.05) is 61.5 Å². The molecule has 0 aliphatic heterocycles. The van der Waals surface area contributed by atoms with Crippen LogP contribution in [0.4, 0.5) is 17.1 Å². The van der Waals surface area contributed by atoms with Crippen molar-refractivity contribution in [2.45, 2.75) is 6.92 Å². The highest BCUT2D eigenvalue weighted by Gasteiger charge is 2.08. The first-order valence-electron chi connectivity index (χ1n) is 7.47. The molecule has 2 aromatic carbocycles. The van der Waals surface area contributed by atoms with Crippen molar-refractivity contribution in [2.24, 2.45) is 0 Å². The maximum Gasteiger partial charge on any atom is 0.274 e. The fraction of sp³-hybridized carbons (Fsp3) is 0.0526. The molecule has 0 atom stereocenters. The van der Waals surface area contributed by atoms with E-state index < -0.39 is 0 Å². The van der Waals surface area contributed by atoms with Gasteiger partial charge in [-0.3, -0.25) is 4.79 Å². The lowest BCUT2D eigenvalue weighted by Crippen LogP contribution is -2.13. The molecule has 0 bridgehead atoms. The van der Waals surface area contributed by atoms with Crippen molar-refractivity contribution in [3.63, 3.8) is 0 Å². The summed E-state index contributed by atoms with van der Waals surface area (Å²) in [4.78, 5) is 16.5. The third kappa shape index (κ3) is 4.20. The maximum atomic E-state index is 12.2.